The van der Waals surface area contributed by atoms with Gasteiger partial charge in [-0.05, 0) is 44.2 Å². The normalized spacial score (nSPS) is 13.7. The van der Waals surface area contributed by atoms with Gasteiger partial charge in [-0.3, -0.25) is 0 Å². The first-order valence-corrected chi connectivity index (χ1v) is 9.08. The zero-order valence-electron chi connectivity index (χ0n) is 12.1. The second kappa shape index (κ2) is 7.38. The summed E-state index contributed by atoms with van der Waals surface area (Å²) in [7, 11) is -3.41. The molecular formula is C13H24N2O2S2. The lowest BCUT2D eigenvalue weighted by atomic mass is 10.3. The average Bonchev–Trinajstić information content (AvgIpc) is 2.71. The van der Waals surface area contributed by atoms with E-state index in [1.54, 1.807) is 0 Å². The van der Waals surface area contributed by atoms with Crippen molar-refractivity contribution in [1.29, 1.82) is 0 Å². The third-order valence-electron chi connectivity index (χ3n) is 2.94. The first-order valence-electron chi connectivity index (χ1n) is 6.72. The van der Waals surface area contributed by atoms with E-state index in [0.717, 1.165) is 29.8 Å². The van der Waals surface area contributed by atoms with Gasteiger partial charge in [-0.2, -0.15) is 0 Å². The fraction of sp³-hybridized carbons (Fsp3) is 0.692. The number of hydrogen-bond donors (Lipinski definition) is 2. The third-order valence-corrected chi connectivity index (χ3v) is 5.99. The average molecular weight is 304 g/mol. The summed E-state index contributed by atoms with van der Waals surface area (Å²) in [4.78, 5) is 1.35. The summed E-state index contributed by atoms with van der Waals surface area (Å²) < 4.78 is 27.5. The molecule has 0 saturated carbocycles. The molecule has 2 N–H and O–H groups in total. The number of sulfonamides is 1. The zero-order chi connectivity index (χ0) is 14.5. The van der Waals surface area contributed by atoms with E-state index in [1.807, 2.05) is 26.2 Å². The zero-order valence-corrected chi connectivity index (χ0v) is 13.7. The molecule has 1 aromatic heterocycles. The fourth-order valence-corrected chi connectivity index (χ4v) is 4.86. The van der Waals surface area contributed by atoms with Gasteiger partial charge in [0.25, 0.3) is 0 Å². The predicted molar refractivity (Wildman–Crippen MR) is 81.1 cm³/mol. The Hall–Kier alpha value is -0.430. The van der Waals surface area contributed by atoms with Gasteiger partial charge in [0.05, 0.1) is 0 Å². The van der Waals surface area contributed by atoms with Gasteiger partial charge in [0.1, 0.15) is 4.90 Å². The molecule has 0 radical (unpaired) electrons. The molecule has 1 heterocycles. The van der Waals surface area contributed by atoms with E-state index in [4.69, 9.17) is 0 Å². The van der Waals surface area contributed by atoms with Gasteiger partial charge in [-0.25, -0.2) is 13.1 Å². The molecule has 0 aliphatic heterocycles. The van der Waals surface area contributed by atoms with Crippen molar-refractivity contribution in [1.82, 2.24) is 10.0 Å². The maximum Gasteiger partial charge on any atom is 0.242 e. The molecule has 0 aliphatic carbocycles. The maximum absolute atomic E-state index is 12.4. The van der Waals surface area contributed by atoms with Crippen molar-refractivity contribution in [2.75, 3.05) is 6.54 Å². The highest BCUT2D eigenvalue weighted by Gasteiger charge is 2.23. The van der Waals surface area contributed by atoms with Crippen LogP contribution in [0.15, 0.2) is 10.3 Å². The largest absolute Gasteiger partial charge is 0.312 e. The van der Waals surface area contributed by atoms with Crippen molar-refractivity contribution in [2.24, 2.45) is 0 Å². The number of hydrogen-bond acceptors (Lipinski definition) is 4. The first-order chi connectivity index (χ1) is 8.92. The van der Waals surface area contributed by atoms with Crippen molar-refractivity contribution in [3.63, 3.8) is 0 Å². The minimum absolute atomic E-state index is 0.0410. The SMILES string of the molecule is CCCNCc1scc(C)c1S(=O)(=O)NC(C)CC. The fourth-order valence-electron chi connectivity index (χ4n) is 1.76. The van der Waals surface area contributed by atoms with Crippen molar-refractivity contribution >= 4 is 21.4 Å². The summed E-state index contributed by atoms with van der Waals surface area (Å²) in [5, 5.41) is 5.17. The molecule has 4 nitrogen and oxygen atoms in total. The van der Waals surface area contributed by atoms with Crippen LogP contribution in [0.5, 0.6) is 0 Å². The van der Waals surface area contributed by atoms with E-state index in [9.17, 15) is 8.42 Å². The van der Waals surface area contributed by atoms with Crippen LogP contribution in [0.1, 0.15) is 44.1 Å². The van der Waals surface area contributed by atoms with Crippen LogP contribution in [0.4, 0.5) is 0 Å². The van der Waals surface area contributed by atoms with E-state index in [2.05, 4.69) is 17.0 Å². The summed E-state index contributed by atoms with van der Waals surface area (Å²) >= 11 is 1.51. The van der Waals surface area contributed by atoms with Gasteiger partial charge >= 0.3 is 0 Å². The Balaban J connectivity index is 2.95. The van der Waals surface area contributed by atoms with Gasteiger partial charge < -0.3 is 5.32 Å². The standard InChI is InChI=1S/C13H24N2O2S2/c1-5-7-14-8-12-13(10(3)9-18-12)19(16,17)15-11(4)6-2/h9,11,14-15H,5-8H2,1-4H3. The molecule has 0 aromatic carbocycles. The molecule has 6 heteroatoms. The Labute approximate surface area is 120 Å². The van der Waals surface area contributed by atoms with Gasteiger partial charge in [0.2, 0.25) is 10.0 Å². The summed E-state index contributed by atoms with van der Waals surface area (Å²) in [6.07, 6.45) is 1.82. The molecular weight excluding hydrogens is 280 g/mol. The lowest BCUT2D eigenvalue weighted by molar-refractivity contribution is 0.554. The summed E-state index contributed by atoms with van der Waals surface area (Å²) in [5.41, 5.74) is 0.828. The molecule has 19 heavy (non-hydrogen) atoms. The second-order valence-corrected chi connectivity index (χ2v) is 7.39. The summed E-state index contributed by atoms with van der Waals surface area (Å²) in [5.74, 6) is 0. The van der Waals surface area contributed by atoms with E-state index >= 15 is 0 Å². The Morgan fingerprint density at radius 2 is 2.05 bits per heavy atom. The topological polar surface area (TPSA) is 58.2 Å². The molecule has 0 fully saturated rings. The lowest BCUT2D eigenvalue weighted by Gasteiger charge is -2.13. The van der Waals surface area contributed by atoms with Crippen LogP contribution in [-0.4, -0.2) is 21.0 Å². The monoisotopic (exact) mass is 304 g/mol. The van der Waals surface area contributed by atoms with E-state index in [1.165, 1.54) is 11.3 Å². The number of nitrogens with one attached hydrogen (secondary N) is 2. The van der Waals surface area contributed by atoms with Crippen molar-refractivity contribution < 1.29 is 8.42 Å². The van der Waals surface area contributed by atoms with Crippen LogP contribution in [-0.2, 0) is 16.6 Å². The molecule has 1 aromatic rings. The Bertz CT molecular complexity index is 495. The van der Waals surface area contributed by atoms with Gasteiger partial charge in [-0.1, -0.05) is 13.8 Å². The molecule has 1 unspecified atom stereocenters. The quantitative estimate of drug-likeness (QED) is 0.726. The molecule has 0 amide bonds. The molecule has 0 saturated heterocycles. The second-order valence-electron chi connectivity index (χ2n) is 4.78. The number of aryl methyl sites for hydroxylation is 1. The lowest BCUT2D eigenvalue weighted by Crippen LogP contribution is -2.33. The summed E-state index contributed by atoms with van der Waals surface area (Å²) in [6.45, 7) is 9.31. The minimum atomic E-state index is -3.41. The third kappa shape index (κ3) is 4.56. The molecule has 0 spiro atoms. The first kappa shape index (κ1) is 16.6. The highest BCUT2D eigenvalue weighted by atomic mass is 32.2. The van der Waals surface area contributed by atoms with Crippen LogP contribution in [0.2, 0.25) is 0 Å². The number of thiophene rings is 1. The highest BCUT2D eigenvalue weighted by Crippen LogP contribution is 2.27. The van der Waals surface area contributed by atoms with Gasteiger partial charge in [-0.15, -0.1) is 11.3 Å². The Morgan fingerprint density at radius 3 is 2.63 bits per heavy atom. The van der Waals surface area contributed by atoms with Crippen molar-refractivity contribution in [3.05, 3.63) is 15.8 Å². The maximum atomic E-state index is 12.4. The van der Waals surface area contributed by atoms with Crippen LogP contribution < -0.4 is 10.0 Å². The Kier molecular flexibility index (Phi) is 6.46. The molecule has 110 valence electrons. The van der Waals surface area contributed by atoms with Crippen LogP contribution in [0.25, 0.3) is 0 Å². The van der Waals surface area contributed by atoms with E-state index in [-0.39, 0.29) is 6.04 Å². The van der Waals surface area contributed by atoms with Gasteiger partial charge in [0.15, 0.2) is 0 Å². The molecule has 0 aliphatic rings. The van der Waals surface area contributed by atoms with Crippen molar-refractivity contribution in [2.45, 2.75) is 58.0 Å². The van der Waals surface area contributed by atoms with E-state index < -0.39 is 10.0 Å². The smallest absolute Gasteiger partial charge is 0.242 e. The van der Waals surface area contributed by atoms with Crippen molar-refractivity contribution in [3.8, 4) is 0 Å². The molecule has 1 atom stereocenters. The predicted octanol–water partition coefficient (Wildman–Crippen LogP) is 2.63. The molecule has 0 bridgehead atoms. The van der Waals surface area contributed by atoms with Crippen LogP contribution in [0, 0.1) is 6.92 Å². The van der Waals surface area contributed by atoms with Crippen LogP contribution in [0.3, 0.4) is 0 Å². The van der Waals surface area contributed by atoms with E-state index in [0.29, 0.717) is 11.4 Å². The van der Waals surface area contributed by atoms with Crippen LogP contribution >= 0.6 is 11.3 Å². The summed E-state index contributed by atoms with van der Waals surface area (Å²) in [6, 6.07) is -0.0410. The van der Waals surface area contributed by atoms with Gasteiger partial charge in [0, 0.05) is 17.5 Å². The highest BCUT2D eigenvalue weighted by molar-refractivity contribution is 7.89. The minimum Gasteiger partial charge on any atom is -0.312 e. The number of rotatable bonds is 8. The Morgan fingerprint density at radius 1 is 1.37 bits per heavy atom. The molecule has 1 rings (SSSR count).